The van der Waals surface area contributed by atoms with Gasteiger partial charge in [0, 0.05) is 17.5 Å². The number of rotatable bonds is 2. The Kier molecular flexibility index (Phi) is 2.68. The molecule has 3 nitrogen and oxygen atoms in total. The minimum absolute atomic E-state index is 0.295. The van der Waals surface area contributed by atoms with Crippen molar-refractivity contribution < 1.29 is 9.90 Å². The van der Waals surface area contributed by atoms with Crippen LogP contribution in [0.3, 0.4) is 0 Å². The van der Waals surface area contributed by atoms with Crippen LogP contribution in [0.15, 0.2) is 42.6 Å². The average Bonchev–Trinajstić information content (AvgIpc) is 2.30. The van der Waals surface area contributed by atoms with Gasteiger partial charge in [0.05, 0.1) is 5.56 Å². The number of carbonyl (C=O) groups is 1. The van der Waals surface area contributed by atoms with Gasteiger partial charge in [-0.15, -0.1) is 0 Å². The van der Waals surface area contributed by atoms with Crippen molar-refractivity contribution in [2.75, 3.05) is 0 Å². The highest BCUT2D eigenvalue weighted by atomic mass is 16.4. The zero-order valence-electron chi connectivity index (χ0n) is 8.84. The smallest absolute Gasteiger partial charge is 0.335 e. The molecule has 0 radical (unpaired) electrons. The third-order valence-corrected chi connectivity index (χ3v) is 2.38. The maximum atomic E-state index is 10.7. The van der Waals surface area contributed by atoms with Crippen LogP contribution in [0.2, 0.25) is 0 Å². The first kappa shape index (κ1) is 10.4. The van der Waals surface area contributed by atoms with Crippen molar-refractivity contribution in [1.29, 1.82) is 0 Å². The van der Waals surface area contributed by atoms with Crippen LogP contribution in [0, 0.1) is 6.92 Å². The van der Waals surface area contributed by atoms with E-state index >= 15 is 0 Å². The molecule has 0 saturated heterocycles. The molecular weight excluding hydrogens is 202 g/mol. The van der Waals surface area contributed by atoms with Gasteiger partial charge in [0.1, 0.15) is 0 Å². The van der Waals surface area contributed by atoms with E-state index in [1.165, 1.54) is 0 Å². The lowest BCUT2D eigenvalue weighted by Gasteiger charge is -2.02. The second kappa shape index (κ2) is 4.14. The monoisotopic (exact) mass is 213 g/mol. The highest BCUT2D eigenvalue weighted by molar-refractivity contribution is 5.88. The highest BCUT2D eigenvalue weighted by Crippen LogP contribution is 2.18. The number of pyridine rings is 1. The van der Waals surface area contributed by atoms with Gasteiger partial charge in [-0.3, -0.25) is 4.98 Å². The van der Waals surface area contributed by atoms with Crippen LogP contribution < -0.4 is 0 Å². The lowest BCUT2D eigenvalue weighted by molar-refractivity contribution is 0.0697. The van der Waals surface area contributed by atoms with Gasteiger partial charge < -0.3 is 5.11 Å². The van der Waals surface area contributed by atoms with Crippen molar-refractivity contribution in [2.45, 2.75) is 6.92 Å². The standard InChI is InChI=1S/C13H11NO2/c1-9-2-3-12(8-14-9)10-4-6-11(7-5-10)13(15)16/h2-8H,1H3,(H,15,16). The Bertz CT molecular complexity index is 500. The zero-order valence-corrected chi connectivity index (χ0v) is 8.84. The number of carboxylic acid groups (broad SMARTS) is 1. The molecule has 0 aliphatic rings. The van der Waals surface area contributed by atoms with Crippen LogP contribution in [0.5, 0.6) is 0 Å². The molecule has 1 N–H and O–H groups in total. The van der Waals surface area contributed by atoms with E-state index in [9.17, 15) is 4.79 Å². The first-order valence-corrected chi connectivity index (χ1v) is 4.93. The lowest BCUT2D eigenvalue weighted by Crippen LogP contribution is -1.95. The number of carboxylic acids is 1. The van der Waals surface area contributed by atoms with Gasteiger partial charge in [-0.25, -0.2) is 4.79 Å². The second-order valence-electron chi connectivity index (χ2n) is 3.57. The molecule has 0 spiro atoms. The fraction of sp³-hybridized carbons (Fsp3) is 0.0769. The molecule has 1 aromatic carbocycles. The quantitative estimate of drug-likeness (QED) is 0.834. The Balaban J connectivity index is 2.34. The molecule has 0 saturated carbocycles. The SMILES string of the molecule is Cc1ccc(-c2ccc(C(=O)O)cc2)cn1. The summed E-state index contributed by atoms with van der Waals surface area (Å²) in [6.07, 6.45) is 1.78. The molecule has 1 aromatic heterocycles. The van der Waals surface area contributed by atoms with Crippen LogP contribution in [0.4, 0.5) is 0 Å². The summed E-state index contributed by atoms with van der Waals surface area (Å²) in [6, 6.07) is 10.7. The topological polar surface area (TPSA) is 50.2 Å². The maximum Gasteiger partial charge on any atom is 0.335 e. The van der Waals surface area contributed by atoms with Crippen molar-refractivity contribution in [3.05, 3.63) is 53.9 Å². The van der Waals surface area contributed by atoms with Gasteiger partial charge in [-0.2, -0.15) is 0 Å². The minimum Gasteiger partial charge on any atom is -0.478 e. The van der Waals surface area contributed by atoms with Crippen LogP contribution in [-0.2, 0) is 0 Å². The summed E-state index contributed by atoms with van der Waals surface area (Å²) in [5.74, 6) is -0.909. The molecule has 16 heavy (non-hydrogen) atoms. The predicted octanol–water partition coefficient (Wildman–Crippen LogP) is 2.76. The second-order valence-corrected chi connectivity index (χ2v) is 3.57. The zero-order chi connectivity index (χ0) is 11.5. The lowest BCUT2D eigenvalue weighted by atomic mass is 10.1. The first-order chi connectivity index (χ1) is 7.66. The summed E-state index contributed by atoms with van der Waals surface area (Å²) >= 11 is 0. The molecular formula is C13H11NO2. The number of aromatic carboxylic acids is 1. The summed E-state index contributed by atoms with van der Waals surface area (Å²) in [5.41, 5.74) is 3.22. The number of nitrogens with zero attached hydrogens (tertiary/aromatic N) is 1. The summed E-state index contributed by atoms with van der Waals surface area (Å²) in [4.78, 5) is 14.9. The van der Waals surface area contributed by atoms with Gasteiger partial charge in [0.15, 0.2) is 0 Å². The van der Waals surface area contributed by atoms with Crippen molar-refractivity contribution in [1.82, 2.24) is 4.98 Å². The molecule has 0 unspecified atom stereocenters. The molecule has 0 amide bonds. The van der Waals surface area contributed by atoms with E-state index in [1.54, 1.807) is 30.5 Å². The highest BCUT2D eigenvalue weighted by Gasteiger charge is 2.02. The van der Waals surface area contributed by atoms with Crippen LogP contribution >= 0.6 is 0 Å². The number of aryl methyl sites for hydroxylation is 1. The Morgan fingerprint density at radius 1 is 1.06 bits per heavy atom. The maximum absolute atomic E-state index is 10.7. The van der Waals surface area contributed by atoms with Crippen molar-refractivity contribution in [2.24, 2.45) is 0 Å². The fourth-order valence-electron chi connectivity index (χ4n) is 1.44. The van der Waals surface area contributed by atoms with Gasteiger partial charge >= 0.3 is 5.97 Å². The van der Waals surface area contributed by atoms with Gasteiger partial charge in [0.25, 0.3) is 0 Å². The number of aromatic nitrogens is 1. The van der Waals surface area contributed by atoms with Crippen LogP contribution in [0.1, 0.15) is 16.1 Å². The molecule has 0 aliphatic carbocycles. The third kappa shape index (κ3) is 2.08. The molecule has 1 heterocycles. The van der Waals surface area contributed by atoms with E-state index in [1.807, 2.05) is 19.1 Å². The van der Waals surface area contributed by atoms with Gasteiger partial charge in [-0.1, -0.05) is 18.2 Å². The largest absolute Gasteiger partial charge is 0.478 e. The molecule has 0 atom stereocenters. The van der Waals surface area contributed by atoms with Crippen molar-refractivity contribution >= 4 is 5.97 Å². The number of benzene rings is 1. The molecule has 3 heteroatoms. The molecule has 2 aromatic rings. The summed E-state index contributed by atoms with van der Waals surface area (Å²) in [6.45, 7) is 1.93. The van der Waals surface area contributed by atoms with E-state index in [2.05, 4.69) is 4.98 Å². The van der Waals surface area contributed by atoms with Gasteiger partial charge in [0.2, 0.25) is 0 Å². The van der Waals surface area contributed by atoms with Crippen molar-refractivity contribution in [3.63, 3.8) is 0 Å². The minimum atomic E-state index is -0.909. The average molecular weight is 213 g/mol. The molecule has 0 fully saturated rings. The molecule has 0 bridgehead atoms. The van der Waals surface area contributed by atoms with E-state index in [-0.39, 0.29) is 0 Å². The Morgan fingerprint density at radius 2 is 1.69 bits per heavy atom. The van der Waals surface area contributed by atoms with E-state index in [4.69, 9.17) is 5.11 Å². The van der Waals surface area contributed by atoms with Crippen LogP contribution in [-0.4, -0.2) is 16.1 Å². The Morgan fingerprint density at radius 3 is 2.19 bits per heavy atom. The van der Waals surface area contributed by atoms with E-state index in [0.717, 1.165) is 16.8 Å². The summed E-state index contributed by atoms with van der Waals surface area (Å²) in [5, 5.41) is 8.77. The predicted molar refractivity (Wildman–Crippen MR) is 61.4 cm³/mol. The molecule has 2 rings (SSSR count). The Labute approximate surface area is 93.4 Å². The van der Waals surface area contributed by atoms with E-state index in [0.29, 0.717) is 5.56 Å². The number of hydrogen-bond donors (Lipinski definition) is 1. The van der Waals surface area contributed by atoms with E-state index < -0.39 is 5.97 Å². The summed E-state index contributed by atoms with van der Waals surface area (Å²) < 4.78 is 0. The molecule has 80 valence electrons. The van der Waals surface area contributed by atoms with Crippen molar-refractivity contribution in [3.8, 4) is 11.1 Å². The fourth-order valence-corrected chi connectivity index (χ4v) is 1.44. The normalized spacial score (nSPS) is 10.1. The third-order valence-electron chi connectivity index (χ3n) is 2.38. The Hall–Kier alpha value is -2.16. The summed E-state index contributed by atoms with van der Waals surface area (Å²) in [7, 11) is 0. The van der Waals surface area contributed by atoms with Crippen LogP contribution in [0.25, 0.3) is 11.1 Å². The first-order valence-electron chi connectivity index (χ1n) is 4.93. The van der Waals surface area contributed by atoms with Gasteiger partial charge in [-0.05, 0) is 30.7 Å². The number of hydrogen-bond acceptors (Lipinski definition) is 2. The molecule has 0 aliphatic heterocycles.